The number of pyridine rings is 1. The number of rotatable bonds is 2. The van der Waals surface area contributed by atoms with Gasteiger partial charge in [-0.05, 0) is 13.0 Å². The minimum absolute atomic E-state index is 0.345. The summed E-state index contributed by atoms with van der Waals surface area (Å²) >= 11 is 0. The Morgan fingerprint density at radius 2 is 2.11 bits per heavy atom. The second-order valence-electron chi connectivity index (χ2n) is 4.00. The molecular weight excluding hydrogens is 228 g/mol. The molecule has 0 aliphatic rings. The van der Waals surface area contributed by atoms with Crippen LogP contribution in [-0.2, 0) is 4.74 Å². The second-order valence-corrected chi connectivity index (χ2v) is 4.00. The van der Waals surface area contributed by atoms with Gasteiger partial charge in [-0.3, -0.25) is 4.98 Å². The molecular formula is C14H12N2O2. The molecule has 3 aromatic rings. The molecule has 0 amide bonds. The lowest BCUT2D eigenvalue weighted by atomic mass is 10.1. The molecule has 90 valence electrons. The van der Waals surface area contributed by atoms with Crippen molar-refractivity contribution in [2.45, 2.75) is 6.92 Å². The van der Waals surface area contributed by atoms with Crippen LogP contribution >= 0.6 is 0 Å². The van der Waals surface area contributed by atoms with Gasteiger partial charge in [-0.2, -0.15) is 0 Å². The van der Waals surface area contributed by atoms with E-state index in [2.05, 4.69) is 9.97 Å². The number of nitrogens with one attached hydrogen (secondary N) is 1. The summed E-state index contributed by atoms with van der Waals surface area (Å²) in [6.07, 6.45) is 3.30. The van der Waals surface area contributed by atoms with E-state index in [1.54, 1.807) is 13.1 Å². The highest BCUT2D eigenvalue weighted by Crippen LogP contribution is 2.26. The molecule has 0 aliphatic carbocycles. The van der Waals surface area contributed by atoms with E-state index in [0.29, 0.717) is 12.2 Å². The molecule has 0 radical (unpaired) electrons. The second kappa shape index (κ2) is 4.14. The number of nitrogens with zero attached hydrogens (tertiary/aromatic N) is 1. The summed E-state index contributed by atoms with van der Waals surface area (Å²) in [6, 6.07) is 7.90. The summed E-state index contributed by atoms with van der Waals surface area (Å²) in [5.41, 5.74) is 2.25. The van der Waals surface area contributed by atoms with Gasteiger partial charge in [0.25, 0.3) is 0 Å². The van der Waals surface area contributed by atoms with E-state index in [0.717, 1.165) is 21.8 Å². The first-order valence-corrected chi connectivity index (χ1v) is 5.83. The molecule has 0 unspecified atom stereocenters. The Morgan fingerprint density at radius 3 is 2.94 bits per heavy atom. The molecule has 0 saturated heterocycles. The highest BCUT2D eigenvalue weighted by Gasteiger charge is 2.14. The zero-order valence-electron chi connectivity index (χ0n) is 9.93. The number of hydrogen-bond acceptors (Lipinski definition) is 3. The van der Waals surface area contributed by atoms with Gasteiger partial charge < -0.3 is 9.72 Å². The van der Waals surface area contributed by atoms with E-state index in [9.17, 15) is 4.79 Å². The van der Waals surface area contributed by atoms with Crippen molar-refractivity contribution < 1.29 is 9.53 Å². The Hall–Kier alpha value is -2.36. The summed E-state index contributed by atoms with van der Waals surface area (Å²) < 4.78 is 5.03. The molecule has 4 nitrogen and oxygen atoms in total. The maximum absolute atomic E-state index is 11.9. The Bertz CT molecular complexity index is 731. The molecule has 1 aromatic carbocycles. The first-order valence-electron chi connectivity index (χ1n) is 5.83. The van der Waals surface area contributed by atoms with E-state index >= 15 is 0 Å². The number of fused-ring (bicyclic) bond motifs is 3. The molecule has 0 saturated carbocycles. The Kier molecular flexibility index (Phi) is 2.48. The topological polar surface area (TPSA) is 55.0 Å². The summed E-state index contributed by atoms with van der Waals surface area (Å²) in [5, 5.41) is 2.00. The minimum atomic E-state index is -0.345. The predicted octanol–water partition coefficient (Wildman–Crippen LogP) is 2.89. The van der Waals surface area contributed by atoms with E-state index in [1.807, 2.05) is 24.3 Å². The average Bonchev–Trinajstić information content (AvgIpc) is 2.77. The van der Waals surface area contributed by atoms with Crippen molar-refractivity contribution in [1.82, 2.24) is 9.97 Å². The van der Waals surface area contributed by atoms with Gasteiger partial charge in [0.05, 0.1) is 12.1 Å². The summed E-state index contributed by atoms with van der Waals surface area (Å²) in [6.45, 7) is 2.14. The smallest absolute Gasteiger partial charge is 0.341 e. The number of hydrogen-bond donors (Lipinski definition) is 1. The number of para-hydroxylation sites is 1. The molecule has 0 atom stereocenters. The van der Waals surface area contributed by atoms with Crippen LogP contribution in [0.2, 0.25) is 0 Å². The highest BCUT2D eigenvalue weighted by atomic mass is 16.5. The predicted molar refractivity (Wildman–Crippen MR) is 69.6 cm³/mol. The zero-order chi connectivity index (χ0) is 12.5. The number of benzene rings is 1. The van der Waals surface area contributed by atoms with Gasteiger partial charge in [-0.1, -0.05) is 18.2 Å². The molecule has 0 bridgehead atoms. The Morgan fingerprint density at radius 1 is 1.28 bits per heavy atom. The molecule has 3 rings (SSSR count). The quantitative estimate of drug-likeness (QED) is 0.701. The Balaban J connectivity index is 2.31. The standard InChI is InChI=1S/C14H12N2O2/c1-2-18-14(17)11-8-15-7-10-9-5-3-4-6-12(9)16-13(10)11/h3-8,16H,2H2,1H3. The number of carbonyl (C=O) groups excluding carboxylic acids is 1. The number of esters is 1. The highest BCUT2D eigenvalue weighted by molar-refractivity contribution is 6.13. The van der Waals surface area contributed by atoms with Crippen LogP contribution in [0.5, 0.6) is 0 Å². The number of aromatic amines is 1. The van der Waals surface area contributed by atoms with Gasteiger partial charge in [0, 0.05) is 28.7 Å². The van der Waals surface area contributed by atoms with Crippen LogP contribution in [0.25, 0.3) is 21.8 Å². The maximum Gasteiger partial charge on any atom is 0.341 e. The van der Waals surface area contributed by atoms with Gasteiger partial charge in [-0.15, -0.1) is 0 Å². The van der Waals surface area contributed by atoms with Gasteiger partial charge in [0.15, 0.2) is 0 Å². The van der Waals surface area contributed by atoms with Crippen LogP contribution in [0.15, 0.2) is 36.7 Å². The van der Waals surface area contributed by atoms with Gasteiger partial charge >= 0.3 is 5.97 Å². The van der Waals surface area contributed by atoms with E-state index < -0.39 is 0 Å². The number of ether oxygens (including phenoxy) is 1. The van der Waals surface area contributed by atoms with Crippen molar-refractivity contribution in [1.29, 1.82) is 0 Å². The molecule has 18 heavy (non-hydrogen) atoms. The van der Waals surface area contributed by atoms with Gasteiger partial charge in [0.2, 0.25) is 0 Å². The fourth-order valence-corrected chi connectivity index (χ4v) is 2.12. The van der Waals surface area contributed by atoms with Crippen LogP contribution in [0.1, 0.15) is 17.3 Å². The van der Waals surface area contributed by atoms with Crippen LogP contribution in [0, 0.1) is 0 Å². The van der Waals surface area contributed by atoms with Gasteiger partial charge in [0.1, 0.15) is 5.56 Å². The first-order chi connectivity index (χ1) is 8.81. The minimum Gasteiger partial charge on any atom is -0.462 e. The molecule has 0 aliphatic heterocycles. The molecule has 2 aromatic heterocycles. The normalized spacial score (nSPS) is 10.9. The summed E-state index contributed by atoms with van der Waals surface area (Å²) in [7, 11) is 0. The number of carbonyl (C=O) groups is 1. The lowest BCUT2D eigenvalue weighted by Gasteiger charge is -2.02. The van der Waals surface area contributed by atoms with Crippen molar-refractivity contribution in [2.24, 2.45) is 0 Å². The van der Waals surface area contributed by atoms with Crippen LogP contribution in [0.3, 0.4) is 0 Å². The fraction of sp³-hybridized carbons (Fsp3) is 0.143. The lowest BCUT2D eigenvalue weighted by Crippen LogP contribution is -2.05. The van der Waals surface area contributed by atoms with Crippen LogP contribution in [0.4, 0.5) is 0 Å². The fourth-order valence-electron chi connectivity index (χ4n) is 2.12. The van der Waals surface area contributed by atoms with Crippen LogP contribution < -0.4 is 0 Å². The molecule has 4 heteroatoms. The van der Waals surface area contributed by atoms with E-state index in [4.69, 9.17) is 4.74 Å². The van der Waals surface area contributed by atoms with Gasteiger partial charge in [-0.25, -0.2) is 4.79 Å². The van der Waals surface area contributed by atoms with Crippen molar-refractivity contribution in [3.63, 3.8) is 0 Å². The SMILES string of the molecule is CCOC(=O)c1cncc2c1[nH]c1ccccc12. The number of aromatic nitrogens is 2. The maximum atomic E-state index is 11.9. The lowest BCUT2D eigenvalue weighted by molar-refractivity contribution is 0.0528. The van der Waals surface area contributed by atoms with Crippen molar-refractivity contribution in [3.8, 4) is 0 Å². The first kappa shape index (κ1) is 10.8. The molecule has 1 N–H and O–H groups in total. The van der Waals surface area contributed by atoms with Crippen molar-refractivity contribution in [3.05, 3.63) is 42.2 Å². The third-order valence-corrected chi connectivity index (χ3v) is 2.92. The van der Waals surface area contributed by atoms with Crippen molar-refractivity contribution in [2.75, 3.05) is 6.61 Å². The summed E-state index contributed by atoms with van der Waals surface area (Å²) in [5.74, 6) is -0.345. The van der Waals surface area contributed by atoms with E-state index in [1.165, 1.54) is 6.20 Å². The van der Waals surface area contributed by atoms with Crippen molar-refractivity contribution >= 4 is 27.8 Å². The monoisotopic (exact) mass is 240 g/mol. The number of H-pyrrole nitrogens is 1. The average molecular weight is 240 g/mol. The third kappa shape index (κ3) is 1.54. The molecule has 0 spiro atoms. The summed E-state index contributed by atoms with van der Waals surface area (Å²) in [4.78, 5) is 19.2. The molecule has 0 fully saturated rings. The van der Waals surface area contributed by atoms with E-state index in [-0.39, 0.29) is 5.97 Å². The molecule has 2 heterocycles. The zero-order valence-corrected chi connectivity index (χ0v) is 9.93. The Labute approximate surface area is 104 Å². The largest absolute Gasteiger partial charge is 0.462 e. The van der Waals surface area contributed by atoms with Crippen LogP contribution in [-0.4, -0.2) is 22.5 Å². The third-order valence-electron chi connectivity index (χ3n) is 2.92.